The molecule has 3 aromatic heterocycles. The van der Waals surface area contributed by atoms with Gasteiger partial charge in [-0.2, -0.15) is 0 Å². The van der Waals surface area contributed by atoms with Gasteiger partial charge in [0.15, 0.2) is 0 Å². The van der Waals surface area contributed by atoms with E-state index in [0.29, 0.717) is 5.92 Å². The van der Waals surface area contributed by atoms with Gasteiger partial charge in [0.25, 0.3) is 0 Å². The monoisotopic (exact) mass is 330 g/mol. The van der Waals surface area contributed by atoms with E-state index in [9.17, 15) is 0 Å². The molecular formula is C16H18N4S2. The van der Waals surface area contributed by atoms with E-state index < -0.39 is 0 Å². The van der Waals surface area contributed by atoms with E-state index in [2.05, 4.69) is 39.5 Å². The molecule has 0 saturated heterocycles. The zero-order valence-electron chi connectivity index (χ0n) is 12.9. The number of aromatic nitrogens is 3. The van der Waals surface area contributed by atoms with Gasteiger partial charge in [0.05, 0.1) is 11.4 Å². The first-order valence-electron chi connectivity index (χ1n) is 7.53. The second-order valence-electron chi connectivity index (χ2n) is 5.99. The Bertz CT molecular complexity index is 832. The molecule has 1 unspecified atom stereocenters. The molecule has 22 heavy (non-hydrogen) atoms. The van der Waals surface area contributed by atoms with Crippen LogP contribution in [0.4, 0.5) is 5.82 Å². The molecule has 1 aliphatic rings. The Hall–Kier alpha value is -1.53. The van der Waals surface area contributed by atoms with Gasteiger partial charge in [0, 0.05) is 11.1 Å². The largest absolute Gasteiger partial charge is 0.360 e. The molecule has 3 heterocycles. The summed E-state index contributed by atoms with van der Waals surface area (Å²) in [6.45, 7) is 6.20. The van der Waals surface area contributed by atoms with E-state index in [0.717, 1.165) is 21.9 Å². The van der Waals surface area contributed by atoms with Gasteiger partial charge < -0.3 is 5.32 Å². The molecular weight excluding hydrogens is 312 g/mol. The van der Waals surface area contributed by atoms with Crippen LogP contribution in [0, 0.1) is 26.7 Å². The Labute approximate surface area is 137 Å². The fourth-order valence-electron chi connectivity index (χ4n) is 2.77. The zero-order valence-corrected chi connectivity index (χ0v) is 14.5. The lowest BCUT2D eigenvalue weighted by molar-refractivity contribution is 0.670. The van der Waals surface area contributed by atoms with Crippen molar-refractivity contribution in [1.29, 1.82) is 0 Å². The Kier molecular flexibility index (Phi) is 3.38. The van der Waals surface area contributed by atoms with E-state index >= 15 is 0 Å². The van der Waals surface area contributed by atoms with Gasteiger partial charge in [-0.05, 0) is 50.5 Å². The normalized spacial score (nSPS) is 16.1. The fraction of sp³-hybridized carbons (Fsp3) is 0.438. The molecule has 114 valence electrons. The average molecular weight is 330 g/mol. The minimum Gasteiger partial charge on any atom is -0.360 e. The molecule has 0 spiro atoms. The van der Waals surface area contributed by atoms with Crippen LogP contribution in [-0.2, 0) is 0 Å². The zero-order chi connectivity index (χ0) is 15.3. The third kappa shape index (κ3) is 2.50. The maximum absolute atomic E-state index is 4.68. The molecule has 0 aliphatic heterocycles. The Morgan fingerprint density at radius 1 is 1.23 bits per heavy atom. The number of rotatable bonds is 4. The van der Waals surface area contributed by atoms with Crippen molar-refractivity contribution in [3.8, 4) is 0 Å². The predicted octanol–water partition coefficient (Wildman–Crippen LogP) is 4.64. The molecule has 6 heteroatoms. The topological polar surface area (TPSA) is 50.7 Å². The minimum atomic E-state index is 0.274. The Balaban J connectivity index is 1.76. The van der Waals surface area contributed by atoms with Crippen molar-refractivity contribution in [2.45, 2.75) is 39.7 Å². The summed E-state index contributed by atoms with van der Waals surface area (Å²) in [5.74, 6) is 2.46. The number of anilines is 1. The Morgan fingerprint density at radius 2 is 2.05 bits per heavy atom. The first-order chi connectivity index (χ1) is 10.6. The number of nitrogens with zero attached hydrogens (tertiary/aromatic N) is 3. The number of hydrogen-bond donors (Lipinski definition) is 1. The number of fused-ring (bicyclic) bond motifs is 1. The predicted molar refractivity (Wildman–Crippen MR) is 92.8 cm³/mol. The smallest absolute Gasteiger partial charge is 0.139 e. The van der Waals surface area contributed by atoms with E-state index in [1.807, 2.05) is 13.1 Å². The quantitative estimate of drug-likeness (QED) is 0.757. The van der Waals surface area contributed by atoms with E-state index in [1.54, 1.807) is 22.7 Å². The Morgan fingerprint density at radius 3 is 2.73 bits per heavy atom. The lowest BCUT2D eigenvalue weighted by atomic mass is 10.1. The highest BCUT2D eigenvalue weighted by molar-refractivity contribution is 7.17. The summed E-state index contributed by atoms with van der Waals surface area (Å²) < 4.78 is 0. The maximum atomic E-state index is 4.68. The first-order valence-corrected chi connectivity index (χ1v) is 9.22. The van der Waals surface area contributed by atoms with Crippen LogP contribution in [0.25, 0.3) is 10.2 Å². The van der Waals surface area contributed by atoms with E-state index in [4.69, 9.17) is 0 Å². The molecule has 1 fully saturated rings. The minimum absolute atomic E-state index is 0.274. The van der Waals surface area contributed by atoms with Crippen molar-refractivity contribution in [1.82, 2.24) is 15.0 Å². The summed E-state index contributed by atoms with van der Waals surface area (Å²) in [6, 6.07) is 0.274. The van der Waals surface area contributed by atoms with Gasteiger partial charge in [-0.25, -0.2) is 15.0 Å². The number of thiazole rings is 1. The third-order valence-electron chi connectivity index (χ3n) is 4.02. The summed E-state index contributed by atoms with van der Waals surface area (Å²) in [5, 5.41) is 8.18. The summed E-state index contributed by atoms with van der Waals surface area (Å²) in [5.41, 5.74) is 1.24. The van der Waals surface area contributed by atoms with Gasteiger partial charge in [-0.1, -0.05) is 0 Å². The summed E-state index contributed by atoms with van der Waals surface area (Å²) in [7, 11) is 0. The van der Waals surface area contributed by atoms with Crippen LogP contribution >= 0.6 is 22.7 Å². The lowest BCUT2D eigenvalue weighted by Gasteiger charge is -2.17. The lowest BCUT2D eigenvalue weighted by Crippen LogP contribution is -2.14. The van der Waals surface area contributed by atoms with Crippen LogP contribution in [0.15, 0.2) is 11.6 Å². The highest BCUT2D eigenvalue weighted by Crippen LogP contribution is 2.44. The summed E-state index contributed by atoms with van der Waals surface area (Å²) in [6.07, 6.45) is 4.51. The van der Waals surface area contributed by atoms with Gasteiger partial charge in [0.2, 0.25) is 0 Å². The van der Waals surface area contributed by atoms with Gasteiger partial charge in [0.1, 0.15) is 21.5 Å². The van der Waals surface area contributed by atoms with Crippen LogP contribution < -0.4 is 5.32 Å². The maximum Gasteiger partial charge on any atom is 0.139 e. The molecule has 0 radical (unpaired) electrons. The van der Waals surface area contributed by atoms with Gasteiger partial charge >= 0.3 is 0 Å². The van der Waals surface area contributed by atoms with Crippen molar-refractivity contribution in [2.24, 2.45) is 5.92 Å². The highest BCUT2D eigenvalue weighted by atomic mass is 32.1. The van der Waals surface area contributed by atoms with Crippen LogP contribution in [0.5, 0.6) is 0 Å². The van der Waals surface area contributed by atoms with Crippen LogP contribution in [-0.4, -0.2) is 15.0 Å². The van der Waals surface area contributed by atoms with Crippen LogP contribution in [0.2, 0.25) is 0 Å². The van der Waals surface area contributed by atoms with E-state index in [1.165, 1.54) is 28.3 Å². The second-order valence-corrected chi connectivity index (χ2v) is 8.11. The van der Waals surface area contributed by atoms with Gasteiger partial charge in [-0.3, -0.25) is 0 Å². The number of thiophene rings is 1. The van der Waals surface area contributed by atoms with Crippen molar-refractivity contribution >= 4 is 38.7 Å². The van der Waals surface area contributed by atoms with Crippen molar-refractivity contribution in [3.05, 3.63) is 32.8 Å². The standard InChI is InChI=1S/C16H18N4S2/c1-8-7-21-15-12(8)14(18-10(3)19-15)20-13(11-4-5-11)16-17-6-9(2)22-16/h6-7,11,13H,4-5H2,1-3H3,(H,18,19,20). The highest BCUT2D eigenvalue weighted by Gasteiger charge is 2.35. The molecule has 1 N–H and O–H groups in total. The molecule has 1 atom stereocenters. The fourth-order valence-corrected chi connectivity index (χ4v) is 4.65. The number of nitrogens with one attached hydrogen (secondary N) is 1. The summed E-state index contributed by atoms with van der Waals surface area (Å²) >= 11 is 3.47. The second kappa shape index (κ2) is 5.28. The van der Waals surface area contributed by atoms with Gasteiger partial charge in [-0.15, -0.1) is 22.7 Å². The van der Waals surface area contributed by atoms with Crippen molar-refractivity contribution in [2.75, 3.05) is 5.32 Å². The average Bonchev–Trinajstić information content (AvgIpc) is 3.13. The first kappa shape index (κ1) is 14.1. The molecule has 3 aromatic rings. The molecule has 1 saturated carbocycles. The molecule has 0 aromatic carbocycles. The molecule has 4 rings (SSSR count). The molecule has 1 aliphatic carbocycles. The SMILES string of the molecule is Cc1nc(NC(c2ncc(C)s2)C2CC2)c2c(C)csc2n1. The molecule has 4 nitrogen and oxygen atoms in total. The number of aryl methyl sites for hydroxylation is 3. The third-order valence-corrected chi connectivity index (χ3v) is 6.01. The van der Waals surface area contributed by atoms with Crippen LogP contribution in [0.3, 0.4) is 0 Å². The molecule has 0 amide bonds. The summed E-state index contributed by atoms with van der Waals surface area (Å²) in [4.78, 5) is 16.2. The van der Waals surface area contributed by atoms with Crippen LogP contribution in [0.1, 0.15) is 40.2 Å². The molecule has 0 bridgehead atoms. The number of hydrogen-bond acceptors (Lipinski definition) is 6. The van der Waals surface area contributed by atoms with Crippen molar-refractivity contribution in [3.63, 3.8) is 0 Å². The van der Waals surface area contributed by atoms with Crippen molar-refractivity contribution < 1.29 is 0 Å². The van der Waals surface area contributed by atoms with E-state index in [-0.39, 0.29) is 6.04 Å².